The first-order valence-corrected chi connectivity index (χ1v) is 13.5. The van der Waals surface area contributed by atoms with Crippen LogP contribution in [-0.4, -0.2) is 44.6 Å². The minimum atomic E-state index is -3.03. The maximum atomic E-state index is 15.0. The highest BCUT2D eigenvalue weighted by Crippen LogP contribution is 2.43. The van der Waals surface area contributed by atoms with Crippen LogP contribution in [0.2, 0.25) is 5.02 Å². The van der Waals surface area contributed by atoms with Gasteiger partial charge in [-0.05, 0) is 61.1 Å². The Hall–Kier alpha value is -1.73. The molecule has 0 aromatic heterocycles. The Labute approximate surface area is 219 Å². The van der Waals surface area contributed by atoms with Gasteiger partial charge in [-0.2, -0.15) is 0 Å². The van der Waals surface area contributed by atoms with Gasteiger partial charge >= 0.3 is 0 Å². The Morgan fingerprint density at radius 2 is 1.72 bits per heavy atom. The van der Waals surface area contributed by atoms with Crippen molar-refractivity contribution < 1.29 is 27.7 Å². The number of hydrogen-bond donors (Lipinski definition) is 0. The van der Waals surface area contributed by atoms with Crippen molar-refractivity contribution in [2.24, 2.45) is 0 Å². The first kappa shape index (κ1) is 28.8. The maximum Gasteiger partial charge on any atom is 0.278 e. The summed E-state index contributed by atoms with van der Waals surface area (Å²) in [6, 6.07) is 13.5. The van der Waals surface area contributed by atoms with Gasteiger partial charge in [-0.25, -0.2) is 8.78 Å². The molecule has 0 bridgehead atoms. The fourth-order valence-electron chi connectivity index (χ4n) is 4.28. The highest BCUT2D eigenvalue weighted by Gasteiger charge is 2.51. The van der Waals surface area contributed by atoms with Gasteiger partial charge in [0, 0.05) is 24.7 Å². The van der Waals surface area contributed by atoms with E-state index in [0.717, 1.165) is 48.1 Å². The van der Waals surface area contributed by atoms with E-state index < -0.39 is 30.7 Å². The van der Waals surface area contributed by atoms with Gasteiger partial charge in [0.05, 0.1) is 19.3 Å². The normalized spacial score (nSPS) is 21.4. The smallest absolute Gasteiger partial charge is 0.278 e. The third-order valence-electron chi connectivity index (χ3n) is 6.36. The summed E-state index contributed by atoms with van der Waals surface area (Å²) >= 11 is 6.54. The van der Waals surface area contributed by atoms with Crippen LogP contribution in [0, 0.1) is 0 Å². The van der Waals surface area contributed by atoms with Crippen molar-refractivity contribution in [2.45, 2.75) is 83.5 Å². The van der Waals surface area contributed by atoms with Crippen LogP contribution in [0.1, 0.15) is 75.7 Å². The van der Waals surface area contributed by atoms with E-state index >= 15 is 8.78 Å². The zero-order valence-electron chi connectivity index (χ0n) is 21.6. The molecule has 3 atom stereocenters. The van der Waals surface area contributed by atoms with E-state index in [1.54, 1.807) is 0 Å². The van der Waals surface area contributed by atoms with Crippen LogP contribution in [0.4, 0.5) is 8.78 Å². The summed E-state index contributed by atoms with van der Waals surface area (Å²) in [6.45, 7) is 7.36. The van der Waals surface area contributed by atoms with Crippen molar-refractivity contribution in [2.75, 3.05) is 26.4 Å². The van der Waals surface area contributed by atoms with E-state index in [4.69, 9.17) is 30.5 Å². The summed E-state index contributed by atoms with van der Waals surface area (Å²) in [5.74, 6) is -2.21. The van der Waals surface area contributed by atoms with Crippen LogP contribution in [0.15, 0.2) is 42.5 Å². The topological polar surface area (TPSA) is 36.9 Å². The third-order valence-corrected chi connectivity index (χ3v) is 6.73. The monoisotopic (exact) mass is 524 g/mol. The first-order chi connectivity index (χ1) is 17.4. The number of benzene rings is 2. The number of ether oxygens (including phenoxy) is 4. The van der Waals surface area contributed by atoms with Gasteiger partial charge in [0.2, 0.25) is 0 Å². The van der Waals surface area contributed by atoms with E-state index in [2.05, 4.69) is 0 Å². The Morgan fingerprint density at radius 3 is 2.42 bits per heavy atom. The van der Waals surface area contributed by atoms with E-state index in [-0.39, 0.29) is 6.61 Å². The van der Waals surface area contributed by atoms with Crippen molar-refractivity contribution in [3.8, 4) is 5.75 Å². The lowest BCUT2D eigenvalue weighted by Gasteiger charge is -2.41. The molecular weight excluding hydrogens is 486 g/mol. The Morgan fingerprint density at radius 1 is 1.00 bits per heavy atom. The minimum absolute atomic E-state index is 0.141. The Kier molecular flexibility index (Phi) is 11.4. The highest BCUT2D eigenvalue weighted by atomic mass is 35.5. The molecule has 0 N–H and O–H groups in total. The van der Waals surface area contributed by atoms with Crippen LogP contribution in [0.5, 0.6) is 5.75 Å². The standard InChI is InChI=1S/C29H39ClF2O4/c1-4-7-15-33-20-27-29(31,32)19-26(35-16-8-5-2)28(36-27)22-11-14-25(30)23(18-22)17-21-9-12-24(13-10-21)34-6-3/h9-14,18,26-28H,4-8,15-17,19-20H2,1-3H3. The van der Waals surface area contributed by atoms with Gasteiger partial charge in [-0.15, -0.1) is 0 Å². The quantitative estimate of drug-likeness (QED) is 0.236. The molecule has 36 heavy (non-hydrogen) atoms. The van der Waals surface area contributed by atoms with Gasteiger partial charge in [0.1, 0.15) is 18.0 Å². The molecule has 0 amide bonds. The number of hydrogen-bond acceptors (Lipinski definition) is 4. The average Bonchev–Trinajstić information content (AvgIpc) is 2.85. The first-order valence-electron chi connectivity index (χ1n) is 13.1. The molecule has 0 radical (unpaired) electrons. The summed E-state index contributed by atoms with van der Waals surface area (Å²) < 4.78 is 53.1. The van der Waals surface area contributed by atoms with Crippen molar-refractivity contribution in [3.63, 3.8) is 0 Å². The molecule has 1 aliphatic rings. The van der Waals surface area contributed by atoms with Crippen molar-refractivity contribution in [1.82, 2.24) is 0 Å². The average molecular weight is 525 g/mol. The van der Waals surface area contributed by atoms with Crippen LogP contribution in [0.25, 0.3) is 0 Å². The molecular formula is C29H39ClF2O4. The molecule has 1 fully saturated rings. The van der Waals surface area contributed by atoms with E-state index in [0.29, 0.717) is 31.3 Å². The lowest BCUT2D eigenvalue weighted by atomic mass is 9.91. The molecule has 1 saturated heterocycles. The lowest BCUT2D eigenvalue weighted by Crippen LogP contribution is -2.50. The predicted octanol–water partition coefficient (Wildman–Crippen LogP) is 7.80. The third kappa shape index (κ3) is 8.14. The number of halogens is 3. The molecule has 1 aliphatic heterocycles. The van der Waals surface area contributed by atoms with Crippen LogP contribution < -0.4 is 4.74 Å². The van der Waals surface area contributed by atoms with Gasteiger partial charge in [-0.3, -0.25) is 0 Å². The van der Waals surface area contributed by atoms with Gasteiger partial charge in [0.15, 0.2) is 0 Å². The molecule has 2 aromatic carbocycles. The summed E-state index contributed by atoms with van der Waals surface area (Å²) in [7, 11) is 0. The fourth-order valence-corrected chi connectivity index (χ4v) is 4.47. The molecule has 0 saturated carbocycles. The van der Waals surface area contributed by atoms with Gasteiger partial charge < -0.3 is 18.9 Å². The van der Waals surface area contributed by atoms with Crippen LogP contribution >= 0.6 is 11.6 Å². The molecule has 4 nitrogen and oxygen atoms in total. The zero-order valence-corrected chi connectivity index (χ0v) is 22.4. The molecule has 7 heteroatoms. The lowest BCUT2D eigenvalue weighted by molar-refractivity contribution is -0.258. The predicted molar refractivity (Wildman–Crippen MR) is 139 cm³/mol. The Balaban J connectivity index is 1.81. The highest BCUT2D eigenvalue weighted by molar-refractivity contribution is 6.31. The second kappa shape index (κ2) is 14.3. The second-order valence-electron chi connectivity index (χ2n) is 9.31. The maximum absolute atomic E-state index is 15.0. The summed E-state index contributed by atoms with van der Waals surface area (Å²) in [4.78, 5) is 0. The number of alkyl halides is 2. The van der Waals surface area contributed by atoms with Gasteiger partial charge in [0.25, 0.3) is 5.92 Å². The minimum Gasteiger partial charge on any atom is -0.494 e. The van der Waals surface area contributed by atoms with Crippen molar-refractivity contribution in [3.05, 3.63) is 64.2 Å². The van der Waals surface area contributed by atoms with Crippen molar-refractivity contribution >= 4 is 11.6 Å². The van der Waals surface area contributed by atoms with E-state index in [1.807, 2.05) is 63.2 Å². The fraction of sp³-hybridized carbons (Fsp3) is 0.586. The van der Waals surface area contributed by atoms with Gasteiger partial charge in [-0.1, -0.05) is 62.6 Å². The van der Waals surface area contributed by atoms with Crippen LogP contribution in [-0.2, 0) is 20.6 Å². The molecule has 3 unspecified atom stereocenters. The molecule has 0 aliphatic carbocycles. The Bertz CT molecular complexity index is 922. The van der Waals surface area contributed by atoms with E-state index in [1.165, 1.54) is 0 Å². The SMILES string of the molecule is CCCCOCC1OC(c2ccc(Cl)c(Cc3ccc(OCC)cc3)c2)C(OCCCC)CC1(F)F. The molecule has 0 spiro atoms. The molecule has 200 valence electrons. The largest absolute Gasteiger partial charge is 0.494 e. The number of rotatable bonds is 14. The summed E-state index contributed by atoms with van der Waals surface area (Å²) in [5, 5.41) is 0.622. The second-order valence-corrected chi connectivity index (χ2v) is 9.71. The number of unbranched alkanes of at least 4 members (excludes halogenated alkanes) is 2. The molecule has 3 rings (SSSR count). The summed E-state index contributed by atoms with van der Waals surface area (Å²) in [6.07, 6.45) is 1.01. The van der Waals surface area contributed by atoms with Crippen LogP contribution in [0.3, 0.4) is 0 Å². The molecule has 1 heterocycles. The van der Waals surface area contributed by atoms with Crippen molar-refractivity contribution in [1.29, 1.82) is 0 Å². The summed E-state index contributed by atoms with van der Waals surface area (Å²) in [5.41, 5.74) is 2.77. The molecule has 2 aromatic rings. The zero-order chi connectivity index (χ0) is 26.0. The van der Waals surface area contributed by atoms with E-state index in [9.17, 15) is 0 Å².